The minimum atomic E-state index is -3.67. The maximum absolute atomic E-state index is 13.2. The van der Waals surface area contributed by atoms with Crippen molar-refractivity contribution in [1.29, 1.82) is 0 Å². The van der Waals surface area contributed by atoms with Gasteiger partial charge < -0.3 is 9.64 Å². The standard InChI is InChI=1S/C18H22ClN3O3S/c1-18(2)13-21(15-6-4-14(19)5-7-15)8-9-22(18)26(23,24)17-10-16(25-3)11-20-12-17/h4-7,10-12H,8-9,13H2,1-3H3. The molecule has 8 heteroatoms. The van der Waals surface area contributed by atoms with Crippen molar-refractivity contribution in [3.8, 4) is 5.75 Å². The van der Waals surface area contributed by atoms with Crippen molar-refractivity contribution < 1.29 is 13.2 Å². The molecule has 0 radical (unpaired) electrons. The number of pyridine rings is 1. The number of rotatable bonds is 4. The largest absolute Gasteiger partial charge is 0.495 e. The highest BCUT2D eigenvalue weighted by Gasteiger charge is 2.42. The van der Waals surface area contributed by atoms with Gasteiger partial charge in [0.05, 0.1) is 13.3 Å². The van der Waals surface area contributed by atoms with Crippen molar-refractivity contribution in [2.75, 3.05) is 31.6 Å². The molecular weight excluding hydrogens is 374 g/mol. The second kappa shape index (κ2) is 7.06. The lowest BCUT2D eigenvalue weighted by atomic mass is 10.0. The number of methoxy groups -OCH3 is 1. The zero-order valence-electron chi connectivity index (χ0n) is 15.0. The molecule has 0 amide bonds. The fourth-order valence-electron chi connectivity index (χ4n) is 3.24. The van der Waals surface area contributed by atoms with Crippen LogP contribution in [0.3, 0.4) is 0 Å². The van der Waals surface area contributed by atoms with Gasteiger partial charge in [0.1, 0.15) is 10.6 Å². The molecule has 2 aromatic rings. The van der Waals surface area contributed by atoms with Crippen molar-refractivity contribution in [3.63, 3.8) is 0 Å². The molecule has 2 heterocycles. The fourth-order valence-corrected chi connectivity index (χ4v) is 5.11. The molecule has 1 aliphatic rings. The number of halogens is 1. The molecule has 1 saturated heterocycles. The lowest BCUT2D eigenvalue weighted by Crippen LogP contribution is -2.61. The Hall–Kier alpha value is -1.83. The minimum Gasteiger partial charge on any atom is -0.495 e. The Kier molecular flexibility index (Phi) is 5.14. The summed E-state index contributed by atoms with van der Waals surface area (Å²) in [6, 6.07) is 9.09. The van der Waals surface area contributed by atoms with E-state index in [4.69, 9.17) is 16.3 Å². The predicted octanol–water partition coefficient (Wildman–Crippen LogP) is 3.03. The highest BCUT2D eigenvalue weighted by molar-refractivity contribution is 7.89. The van der Waals surface area contributed by atoms with E-state index in [2.05, 4.69) is 9.88 Å². The molecule has 26 heavy (non-hydrogen) atoms. The van der Waals surface area contributed by atoms with Gasteiger partial charge in [0, 0.05) is 48.1 Å². The van der Waals surface area contributed by atoms with Crippen LogP contribution in [-0.2, 0) is 10.0 Å². The van der Waals surface area contributed by atoms with E-state index in [9.17, 15) is 8.42 Å². The maximum atomic E-state index is 13.2. The lowest BCUT2D eigenvalue weighted by molar-refractivity contribution is 0.205. The summed E-state index contributed by atoms with van der Waals surface area (Å²) in [7, 11) is -2.18. The van der Waals surface area contributed by atoms with E-state index in [1.165, 1.54) is 25.6 Å². The van der Waals surface area contributed by atoms with Crippen molar-refractivity contribution in [2.24, 2.45) is 0 Å². The zero-order chi connectivity index (χ0) is 18.9. The van der Waals surface area contributed by atoms with E-state index < -0.39 is 15.6 Å². The second-order valence-electron chi connectivity index (χ2n) is 6.85. The molecule has 0 aliphatic carbocycles. The number of hydrogen-bond acceptors (Lipinski definition) is 5. The van der Waals surface area contributed by atoms with Crippen LogP contribution in [0.2, 0.25) is 5.02 Å². The first kappa shape index (κ1) is 18.9. The Labute approximate surface area is 159 Å². The van der Waals surface area contributed by atoms with Gasteiger partial charge in [-0.05, 0) is 38.1 Å². The van der Waals surface area contributed by atoms with Crippen LogP contribution < -0.4 is 9.64 Å². The second-order valence-corrected chi connectivity index (χ2v) is 9.15. The summed E-state index contributed by atoms with van der Waals surface area (Å²) >= 11 is 5.96. The van der Waals surface area contributed by atoms with Crippen molar-refractivity contribution >= 4 is 27.3 Å². The van der Waals surface area contributed by atoms with Gasteiger partial charge in [0.15, 0.2) is 0 Å². The van der Waals surface area contributed by atoms with E-state index >= 15 is 0 Å². The summed E-state index contributed by atoms with van der Waals surface area (Å²) in [6.07, 6.45) is 2.85. The Balaban J connectivity index is 1.86. The first-order valence-electron chi connectivity index (χ1n) is 8.26. The van der Waals surface area contributed by atoms with E-state index in [0.29, 0.717) is 30.4 Å². The van der Waals surface area contributed by atoms with Gasteiger partial charge in [-0.1, -0.05) is 11.6 Å². The van der Waals surface area contributed by atoms with Crippen LogP contribution in [0.4, 0.5) is 5.69 Å². The molecule has 0 spiro atoms. The zero-order valence-corrected chi connectivity index (χ0v) is 16.6. The first-order chi connectivity index (χ1) is 12.2. The first-order valence-corrected chi connectivity index (χ1v) is 10.1. The summed E-state index contributed by atoms with van der Waals surface area (Å²) in [6.45, 7) is 5.42. The van der Waals surface area contributed by atoms with Crippen LogP contribution in [0, 0.1) is 0 Å². The fraction of sp³-hybridized carbons (Fsp3) is 0.389. The molecule has 1 aromatic heterocycles. The monoisotopic (exact) mass is 395 g/mol. The van der Waals surface area contributed by atoms with Crippen LogP contribution in [0.5, 0.6) is 5.75 Å². The number of piperazine rings is 1. The number of benzene rings is 1. The van der Waals surface area contributed by atoms with Crippen LogP contribution >= 0.6 is 11.6 Å². The van der Waals surface area contributed by atoms with Gasteiger partial charge in [0.25, 0.3) is 0 Å². The van der Waals surface area contributed by atoms with E-state index in [-0.39, 0.29) is 4.90 Å². The van der Waals surface area contributed by atoms with Gasteiger partial charge in [0.2, 0.25) is 10.0 Å². The molecule has 3 rings (SSSR count). The van der Waals surface area contributed by atoms with Crippen LogP contribution in [0.15, 0.2) is 47.6 Å². The number of anilines is 1. The lowest BCUT2D eigenvalue weighted by Gasteiger charge is -2.46. The van der Waals surface area contributed by atoms with Crippen LogP contribution in [0.1, 0.15) is 13.8 Å². The third-order valence-corrected chi connectivity index (χ3v) is 6.86. The summed E-state index contributed by atoms with van der Waals surface area (Å²) in [5.41, 5.74) is 0.447. The van der Waals surface area contributed by atoms with Gasteiger partial charge in [-0.25, -0.2) is 8.42 Å². The molecule has 0 N–H and O–H groups in total. The number of hydrogen-bond donors (Lipinski definition) is 0. The maximum Gasteiger partial charge on any atom is 0.245 e. The van der Waals surface area contributed by atoms with Gasteiger partial charge in [-0.3, -0.25) is 4.98 Å². The molecule has 1 fully saturated rings. The number of ether oxygens (including phenoxy) is 1. The normalized spacial score (nSPS) is 17.9. The number of sulfonamides is 1. The van der Waals surface area contributed by atoms with Crippen LogP contribution in [0.25, 0.3) is 0 Å². The summed E-state index contributed by atoms with van der Waals surface area (Å²) in [5, 5.41) is 0.680. The molecular formula is C18H22ClN3O3S. The molecule has 0 bridgehead atoms. The van der Waals surface area contributed by atoms with Crippen molar-refractivity contribution in [1.82, 2.24) is 9.29 Å². The summed E-state index contributed by atoms with van der Waals surface area (Å²) in [4.78, 5) is 6.30. The molecule has 1 aliphatic heterocycles. The smallest absolute Gasteiger partial charge is 0.245 e. The molecule has 0 atom stereocenters. The van der Waals surface area contributed by atoms with Gasteiger partial charge in [-0.2, -0.15) is 4.31 Å². The Morgan fingerprint density at radius 3 is 2.46 bits per heavy atom. The SMILES string of the molecule is COc1cncc(S(=O)(=O)N2CCN(c3ccc(Cl)cc3)CC2(C)C)c1. The predicted molar refractivity (Wildman–Crippen MR) is 102 cm³/mol. The van der Waals surface area contributed by atoms with Crippen molar-refractivity contribution in [3.05, 3.63) is 47.7 Å². The third kappa shape index (κ3) is 3.65. The van der Waals surface area contributed by atoms with E-state index in [1.54, 1.807) is 4.31 Å². The molecule has 0 saturated carbocycles. The average molecular weight is 396 g/mol. The number of nitrogens with zero attached hydrogens (tertiary/aromatic N) is 3. The third-order valence-electron chi connectivity index (χ3n) is 4.53. The minimum absolute atomic E-state index is 0.143. The quantitative estimate of drug-likeness (QED) is 0.796. The Morgan fingerprint density at radius 1 is 1.15 bits per heavy atom. The topological polar surface area (TPSA) is 62.7 Å². The van der Waals surface area contributed by atoms with Gasteiger partial charge in [-0.15, -0.1) is 0 Å². The molecule has 140 valence electrons. The molecule has 6 nitrogen and oxygen atoms in total. The van der Waals surface area contributed by atoms with Gasteiger partial charge >= 0.3 is 0 Å². The van der Waals surface area contributed by atoms with Crippen molar-refractivity contribution in [2.45, 2.75) is 24.3 Å². The Morgan fingerprint density at radius 2 is 1.85 bits per heavy atom. The summed E-state index contributed by atoms with van der Waals surface area (Å²) in [5.74, 6) is 0.420. The van der Waals surface area contributed by atoms with E-state index in [1.807, 2.05) is 38.1 Å². The average Bonchev–Trinajstić information content (AvgIpc) is 2.61. The molecule has 0 unspecified atom stereocenters. The number of aromatic nitrogens is 1. The highest BCUT2D eigenvalue weighted by atomic mass is 35.5. The van der Waals surface area contributed by atoms with E-state index in [0.717, 1.165) is 5.69 Å². The summed E-state index contributed by atoms with van der Waals surface area (Å²) < 4.78 is 33.0. The highest BCUT2D eigenvalue weighted by Crippen LogP contribution is 2.31. The Bertz CT molecular complexity index is 885. The molecule has 1 aromatic carbocycles. The van der Waals surface area contributed by atoms with Crippen LogP contribution in [-0.4, -0.2) is 50.0 Å².